The van der Waals surface area contributed by atoms with Gasteiger partial charge in [0.2, 0.25) is 0 Å². The van der Waals surface area contributed by atoms with E-state index < -0.39 is 5.60 Å². The molecule has 1 spiro atoms. The molecule has 0 unspecified atom stereocenters. The minimum atomic E-state index is -0.501. The number of amides is 1. The molecule has 4 nitrogen and oxygen atoms in total. The number of allylic oxidation sites excluding steroid dienone is 3. The minimum Gasteiger partial charge on any atom is -0.444 e. The molecule has 1 amide bonds. The van der Waals surface area contributed by atoms with E-state index in [4.69, 9.17) is 16.3 Å². The molecule has 0 bridgehead atoms. The summed E-state index contributed by atoms with van der Waals surface area (Å²) in [6, 6.07) is 5.15. The Labute approximate surface area is 196 Å². The lowest BCUT2D eigenvalue weighted by Gasteiger charge is -2.43. The fraction of sp³-hybridized carbons (Fsp3) is 0.577. The van der Waals surface area contributed by atoms with Crippen LogP contribution < -0.4 is 5.32 Å². The summed E-state index contributed by atoms with van der Waals surface area (Å²) in [5.41, 5.74) is 3.04. The zero-order chi connectivity index (χ0) is 23.5. The number of unbranched alkanes of at least 4 members (excludes halogenated alkanes) is 1. The molecule has 1 aromatic carbocycles. The van der Waals surface area contributed by atoms with Crippen LogP contribution in [-0.4, -0.2) is 29.7 Å². The van der Waals surface area contributed by atoms with E-state index in [1.165, 1.54) is 0 Å². The lowest BCUT2D eigenvalue weighted by atomic mass is 9.72. The average Bonchev–Trinajstić information content (AvgIpc) is 2.85. The highest BCUT2D eigenvalue weighted by Gasteiger charge is 2.41. The second-order valence-corrected chi connectivity index (χ2v) is 10.4. The minimum absolute atomic E-state index is 0.0637. The number of piperidine rings is 1. The first-order chi connectivity index (χ1) is 15.1. The van der Waals surface area contributed by atoms with E-state index in [1.807, 2.05) is 25.7 Å². The molecule has 0 saturated carbocycles. The summed E-state index contributed by atoms with van der Waals surface area (Å²) in [7, 11) is 0. The molecule has 0 aliphatic carbocycles. The van der Waals surface area contributed by atoms with Gasteiger partial charge in [0, 0.05) is 35.5 Å². The van der Waals surface area contributed by atoms with E-state index in [1.54, 1.807) is 18.2 Å². The Morgan fingerprint density at radius 3 is 2.59 bits per heavy atom. The summed E-state index contributed by atoms with van der Waals surface area (Å²) in [5, 5.41) is 3.77. The van der Waals surface area contributed by atoms with Gasteiger partial charge in [-0.3, -0.25) is 0 Å². The van der Waals surface area contributed by atoms with Gasteiger partial charge in [0.05, 0.1) is 5.02 Å². The molecule has 1 saturated heterocycles. The van der Waals surface area contributed by atoms with Crippen LogP contribution in [0.1, 0.15) is 78.7 Å². The van der Waals surface area contributed by atoms with Crippen molar-refractivity contribution < 1.29 is 13.9 Å². The van der Waals surface area contributed by atoms with Crippen molar-refractivity contribution in [2.75, 3.05) is 13.1 Å². The highest BCUT2D eigenvalue weighted by molar-refractivity contribution is 6.30. The maximum Gasteiger partial charge on any atom is 0.410 e. The van der Waals surface area contributed by atoms with E-state index in [2.05, 4.69) is 25.2 Å². The van der Waals surface area contributed by atoms with E-state index >= 15 is 0 Å². The summed E-state index contributed by atoms with van der Waals surface area (Å²) >= 11 is 6.09. The van der Waals surface area contributed by atoms with Crippen molar-refractivity contribution in [2.45, 2.75) is 78.7 Å². The van der Waals surface area contributed by atoms with Crippen LogP contribution in [0, 0.1) is 11.2 Å². The Balaban J connectivity index is 1.86. The summed E-state index contributed by atoms with van der Waals surface area (Å²) in [4.78, 5) is 14.4. The molecule has 0 aromatic heterocycles. The molecule has 0 atom stereocenters. The Hall–Kier alpha value is -2.01. The SMILES string of the molecule is CCC/C=C1\NC(c2cccc(Cl)c2F)=C(C)CCC12CCN(C(=O)OC(C)(C)C)CC2. The van der Waals surface area contributed by atoms with Crippen molar-refractivity contribution in [3.05, 3.63) is 51.9 Å². The fourth-order valence-corrected chi connectivity index (χ4v) is 4.75. The highest BCUT2D eigenvalue weighted by Crippen LogP contribution is 2.46. The van der Waals surface area contributed by atoms with Gasteiger partial charge in [-0.2, -0.15) is 0 Å². The number of carbonyl (C=O) groups is 1. The highest BCUT2D eigenvalue weighted by atomic mass is 35.5. The van der Waals surface area contributed by atoms with Crippen molar-refractivity contribution in [3.63, 3.8) is 0 Å². The van der Waals surface area contributed by atoms with Crippen molar-refractivity contribution in [2.24, 2.45) is 5.41 Å². The average molecular weight is 463 g/mol. The summed E-state index contributed by atoms with van der Waals surface area (Å²) in [5.74, 6) is -0.387. The molecule has 1 N–H and O–H groups in total. The standard InChI is InChI=1S/C26H36ClFN2O2/c1-6-7-11-21-26(14-16-30(17-15-26)24(31)32-25(3,4)5)13-12-18(2)23(29-21)19-9-8-10-20(27)22(19)28/h8-11,29H,6-7,12-17H2,1-5H3/b21-11-. The first kappa shape index (κ1) is 24.6. The van der Waals surface area contributed by atoms with Crippen LogP contribution in [0.3, 0.4) is 0 Å². The van der Waals surface area contributed by atoms with Gasteiger partial charge in [0.15, 0.2) is 5.82 Å². The monoisotopic (exact) mass is 462 g/mol. The first-order valence-electron chi connectivity index (χ1n) is 11.7. The van der Waals surface area contributed by atoms with Gasteiger partial charge < -0.3 is 15.0 Å². The van der Waals surface area contributed by atoms with Gasteiger partial charge >= 0.3 is 6.09 Å². The third-order valence-corrected chi connectivity index (χ3v) is 6.76. The number of nitrogens with one attached hydrogen (secondary N) is 1. The maximum absolute atomic E-state index is 14.9. The fourth-order valence-electron chi connectivity index (χ4n) is 4.57. The summed E-state index contributed by atoms with van der Waals surface area (Å²) in [6.45, 7) is 11.2. The molecular weight excluding hydrogens is 427 g/mol. The maximum atomic E-state index is 14.9. The predicted molar refractivity (Wildman–Crippen MR) is 129 cm³/mol. The number of likely N-dealkylation sites (tertiary alicyclic amines) is 1. The Morgan fingerprint density at radius 2 is 1.97 bits per heavy atom. The summed E-state index contributed by atoms with van der Waals surface area (Å²) in [6.07, 6.45) is 7.55. The number of hydrogen-bond donors (Lipinski definition) is 1. The number of halogens is 2. The number of nitrogens with zero attached hydrogens (tertiary/aromatic N) is 1. The molecule has 3 rings (SSSR count). The van der Waals surface area contributed by atoms with Gasteiger partial charge in [0.1, 0.15) is 5.60 Å². The largest absolute Gasteiger partial charge is 0.444 e. The van der Waals surface area contributed by atoms with Crippen LogP contribution in [0.15, 0.2) is 35.5 Å². The number of ether oxygens (including phenoxy) is 1. The quantitative estimate of drug-likeness (QED) is 0.512. The normalized spacial score (nSPS) is 20.3. The number of carbonyl (C=O) groups excluding carboxylic acids is 1. The van der Waals surface area contributed by atoms with Gasteiger partial charge in [-0.1, -0.05) is 37.1 Å². The molecule has 176 valence electrons. The Bertz CT molecular complexity index is 909. The van der Waals surface area contributed by atoms with E-state index in [0.717, 1.165) is 55.5 Å². The lowest BCUT2D eigenvalue weighted by molar-refractivity contribution is 0.0124. The van der Waals surface area contributed by atoms with Crippen LogP contribution in [0.5, 0.6) is 0 Å². The Kier molecular flexibility index (Phi) is 7.59. The lowest BCUT2D eigenvalue weighted by Crippen LogP contribution is -2.47. The van der Waals surface area contributed by atoms with Crippen LogP contribution in [0.2, 0.25) is 5.02 Å². The first-order valence-corrected chi connectivity index (χ1v) is 12.0. The van der Waals surface area contributed by atoms with E-state index in [9.17, 15) is 9.18 Å². The van der Waals surface area contributed by atoms with Crippen LogP contribution in [-0.2, 0) is 4.74 Å². The predicted octanol–water partition coefficient (Wildman–Crippen LogP) is 7.29. The third-order valence-electron chi connectivity index (χ3n) is 6.47. The van der Waals surface area contributed by atoms with Crippen molar-refractivity contribution in [1.82, 2.24) is 10.2 Å². The molecule has 32 heavy (non-hydrogen) atoms. The zero-order valence-electron chi connectivity index (χ0n) is 20.0. The molecule has 1 aromatic rings. The molecule has 2 heterocycles. The molecule has 2 aliphatic heterocycles. The van der Waals surface area contributed by atoms with Crippen molar-refractivity contribution in [1.29, 1.82) is 0 Å². The van der Waals surface area contributed by atoms with Crippen molar-refractivity contribution >= 4 is 23.4 Å². The second kappa shape index (κ2) is 9.86. The molecule has 2 aliphatic rings. The van der Waals surface area contributed by atoms with E-state index in [-0.39, 0.29) is 22.3 Å². The number of benzene rings is 1. The van der Waals surface area contributed by atoms with Crippen molar-refractivity contribution in [3.8, 4) is 0 Å². The second-order valence-electron chi connectivity index (χ2n) is 10.0. The molecule has 6 heteroatoms. The molecule has 1 fully saturated rings. The number of rotatable bonds is 3. The molecule has 0 radical (unpaired) electrons. The zero-order valence-corrected chi connectivity index (χ0v) is 20.7. The van der Waals surface area contributed by atoms with E-state index in [0.29, 0.717) is 18.7 Å². The van der Waals surface area contributed by atoms with Gasteiger partial charge in [-0.15, -0.1) is 0 Å². The van der Waals surface area contributed by atoms with Gasteiger partial charge in [0.25, 0.3) is 0 Å². The smallest absolute Gasteiger partial charge is 0.410 e. The third kappa shape index (κ3) is 5.48. The topological polar surface area (TPSA) is 41.6 Å². The van der Waals surface area contributed by atoms with Crippen LogP contribution >= 0.6 is 11.6 Å². The van der Waals surface area contributed by atoms with Crippen LogP contribution in [0.4, 0.5) is 9.18 Å². The summed E-state index contributed by atoms with van der Waals surface area (Å²) < 4.78 is 20.5. The molecular formula is C26H36ClFN2O2. The van der Waals surface area contributed by atoms with Crippen LogP contribution in [0.25, 0.3) is 5.70 Å². The van der Waals surface area contributed by atoms with Gasteiger partial charge in [-0.05, 0) is 77.5 Å². The Morgan fingerprint density at radius 1 is 1.28 bits per heavy atom. The number of hydrogen-bond acceptors (Lipinski definition) is 3. The van der Waals surface area contributed by atoms with Gasteiger partial charge in [-0.25, -0.2) is 9.18 Å².